The van der Waals surface area contributed by atoms with Gasteiger partial charge in [0, 0.05) is 56.5 Å². The Balaban J connectivity index is 1.07. The van der Waals surface area contributed by atoms with E-state index in [0.29, 0.717) is 29.6 Å². The standard InChI is InChI=1S/C24H27N5O4/c1-17(24-26-23(27-33-24)18-5-3-2-4-6-18)29-13-11-28(12-14-29)10-9-22(30)25-19-7-8-20-21(15-19)32-16-31-20/h2-8,15,17H,9-14,16H2,1H3,(H,25,30). The molecule has 9 nitrogen and oxygen atoms in total. The molecule has 0 radical (unpaired) electrons. The fraction of sp³-hybridized carbons (Fsp3) is 0.375. The van der Waals surface area contributed by atoms with Gasteiger partial charge in [-0.25, -0.2) is 0 Å². The van der Waals surface area contributed by atoms with Crippen LogP contribution in [0.4, 0.5) is 5.69 Å². The number of carbonyl (C=O) groups excluding carboxylic acids is 1. The van der Waals surface area contributed by atoms with Crippen molar-refractivity contribution in [1.82, 2.24) is 19.9 Å². The molecule has 0 spiro atoms. The molecule has 1 fully saturated rings. The molecule has 1 saturated heterocycles. The Bertz CT molecular complexity index is 1100. The number of hydrogen-bond acceptors (Lipinski definition) is 8. The van der Waals surface area contributed by atoms with E-state index in [1.165, 1.54) is 0 Å². The van der Waals surface area contributed by atoms with Crippen LogP contribution >= 0.6 is 0 Å². The summed E-state index contributed by atoms with van der Waals surface area (Å²) in [5.74, 6) is 2.60. The highest BCUT2D eigenvalue weighted by molar-refractivity contribution is 5.91. The Morgan fingerprint density at radius 2 is 1.85 bits per heavy atom. The molecule has 1 unspecified atom stereocenters. The van der Waals surface area contributed by atoms with E-state index in [2.05, 4.69) is 32.2 Å². The number of nitrogens with zero attached hydrogens (tertiary/aromatic N) is 4. The fourth-order valence-electron chi connectivity index (χ4n) is 4.10. The predicted molar refractivity (Wildman–Crippen MR) is 122 cm³/mol. The Hall–Kier alpha value is -3.43. The average Bonchev–Trinajstić information content (AvgIpc) is 3.53. The zero-order valence-electron chi connectivity index (χ0n) is 18.6. The largest absolute Gasteiger partial charge is 0.454 e. The second kappa shape index (κ2) is 9.60. The van der Waals surface area contributed by atoms with Crippen LogP contribution in [-0.4, -0.2) is 65.4 Å². The average molecular weight is 450 g/mol. The maximum absolute atomic E-state index is 12.4. The molecule has 33 heavy (non-hydrogen) atoms. The highest BCUT2D eigenvalue weighted by Gasteiger charge is 2.26. The highest BCUT2D eigenvalue weighted by atomic mass is 16.7. The minimum Gasteiger partial charge on any atom is -0.454 e. The number of ether oxygens (including phenoxy) is 2. The lowest BCUT2D eigenvalue weighted by Gasteiger charge is -2.36. The van der Waals surface area contributed by atoms with Crippen molar-refractivity contribution in [3.8, 4) is 22.9 Å². The molecular formula is C24H27N5O4. The number of piperazine rings is 1. The van der Waals surface area contributed by atoms with Gasteiger partial charge in [-0.3, -0.25) is 9.69 Å². The van der Waals surface area contributed by atoms with Crippen molar-refractivity contribution < 1.29 is 18.8 Å². The summed E-state index contributed by atoms with van der Waals surface area (Å²) >= 11 is 0. The third-order valence-electron chi connectivity index (χ3n) is 6.10. The van der Waals surface area contributed by atoms with Gasteiger partial charge in [-0.1, -0.05) is 35.5 Å². The summed E-state index contributed by atoms with van der Waals surface area (Å²) in [5, 5.41) is 7.07. The molecule has 172 valence electrons. The number of hydrogen-bond donors (Lipinski definition) is 1. The Labute approximate surface area is 192 Å². The summed E-state index contributed by atoms with van der Waals surface area (Å²) in [4.78, 5) is 21.6. The lowest BCUT2D eigenvalue weighted by Crippen LogP contribution is -2.47. The second-order valence-electron chi connectivity index (χ2n) is 8.24. The van der Waals surface area contributed by atoms with Crippen LogP contribution in [0, 0.1) is 0 Å². The number of fused-ring (bicyclic) bond motifs is 1. The quantitative estimate of drug-likeness (QED) is 0.588. The van der Waals surface area contributed by atoms with Crippen molar-refractivity contribution in [2.45, 2.75) is 19.4 Å². The van der Waals surface area contributed by atoms with E-state index in [-0.39, 0.29) is 18.7 Å². The smallest absolute Gasteiger partial charge is 0.244 e. The normalized spacial score (nSPS) is 17.1. The van der Waals surface area contributed by atoms with Crippen molar-refractivity contribution >= 4 is 11.6 Å². The Morgan fingerprint density at radius 3 is 2.67 bits per heavy atom. The highest BCUT2D eigenvalue weighted by Crippen LogP contribution is 2.34. The number of benzene rings is 2. The number of amides is 1. The first-order valence-electron chi connectivity index (χ1n) is 11.2. The van der Waals surface area contributed by atoms with Gasteiger partial charge >= 0.3 is 0 Å². The van der Waals surface area contributed by atoms with E-state index < -0.39 is 0 Å². The van der Waals surface area contributed by atoms with Crippen molar-refractivity contribution in [3.63, 3.8) is 0 Å². The van der Waals surface area contributed by atoms with E-state index in [9.17, 15) is 4.79 Å². The van der Waals surface area contributed by atoms with Gasteiger partial charge in [0.05, 0.1) is 6.04 Å². The minimum atomic E-state index is -0.0102. The number of anilines is 1. The van der Waals surface area contributed by atoms with Crippen LogP contribution in [-0.2, 0) is 4.79 Å². The summed E-state index contributed by atoms with van der Waals surface area (Å²) in [6.45, 7) is 6.58. The molecule has 2 aliphatic heterocycles. The van der Waals surface area contributed by atoms with E-state index in [1.54, 1.807) is 6.07 Å². The fourth-order valence-corrected chi connectivity index (χ4v) is 4.10. The van der Waals surface area contributed by atoms with Crippen molar-refractivity contribution in [1.29, 1.82) is 0 Å². The van der Waals surface area contributed by atoms with E-state index in [0.717, 1.165) is 44.0 Å². The maximum atomic E-state index is 12.4. The summed E-state index contributed by atoms with van der Waals surface area (Å²) in [6, 6.07) is 15.3. The van der Waals surface area contributed by atoms with Crippen molar-refractivity contribution in [2.24, 2.45) is 0 Å². The lowest BCUT2D eigenvalue weighted by atomic mass is 10.2. The van der Waals surface area contributed by atoms with Gasteiger partial charge in [0.15, 0.2) is 11.5 Å². The third kappa shape index (κ3) is 4.99. The van der Waals surface area contributed by atoms with Crippen LogP contribution in [0.2, 0.25) is 0 Å². The van der Waals surface area contributed by atoms with Crippen molar-refractivity contribution in [3.05, 3.63) is 54.4 Å². The molecule has 0 saturated carbocycles. The summed E-state index contributed by atoms with van der Waals surface area (Å²) in [6.07, 6.45) is 0.439. The number of nitrogens with one attached hydrogen (secondary N) is 1. The molecule has 2 aliphatic rings. The molecule has 1 aromatic heterocycles. The van der Waals surface area contributed by atoms with Crippen LogP contribution in [0.3, 0.4) is 0 Å². The molecule has 5 rings (SSSR count). The van der Waals surface area contributed by atoms with Gasteiger partial charge in [-0.15, -0.1) is 0 Å². The molecule has 3 heterocycles. The zero-order chi connectivity index (χ0) is 22.6. The van der Waals surface area contributed by atoms with Gasteiger partial charge in [-0.2, -0.15) is 4.98 Å². The van der Waals surface area contributed by atoms with Crippen molar-refractivity contribution in [2.75, 3.05) is 44.8 Å². The number of carbonyl (C=O) groups is 1. The van der Waals surface area contributed by atoms with Crippen LogP contribution in [0.1, 0.15) is 25.3 Å². The van der Waals surface area contributed by atoms with Gasteiger partial charge in [0.1, 0.15) is 0 Å². The van der Waals surface area contributed by atoms with Crippen LogP contribution in [0.5, 0.6) is 11.5 Å². The lowest BCUT2D eigenvalue weighted by molar-refractivity contribution is -0.116. The van der Waals surface area contributed by atoms with E-state index in [4.69, 9.17) is 14.0 Å². The molecular weight excluding hydrogens is 422 g/mol. The summed E-state index contributed by atoms with van der Waals surface area (Å²) in [7, 11) is 0. The number of aromatic nitrogens is 2. The number of rotatable bonds is 7. The molecule has 1 amide bonds. The van der Waals surface area contributed by atoms with Crippen LogP contribution in [0.15, 0.2) is 53.1 Å². The molecule has 3 aromatic rings. The van der Waals surface area contributed by atoms with E-state index in [1.807, 2.05) is 42.5 Å². The molecule has 2 aromatic carbocycles. The van der Waals surface area contributed by atoms with Gasteiger partial charge < -0.3 is 24.2 Å². The maximum Gasteiger partial charge on any atom is 0.244 e. The van der Waals surface area contributed by atoms with Crippen LogP contribution < -0.4 is 14.8 Å². The first-order valence-corrected chi connectivity index (χ1v) is 11.2. The Kier molecular flexibility index (Phi) is 6.23. The minimum absolute atomic E-state index is 0.0102. The zero-order valence-corrected chi connectivity index (χ0v) is 18.6. The third-order valence-corrected chi connectivity index (χ3v) is 6.10. The van der Waals surface area contributed by atoms with Gasteiger partial charge in [-0.05, 0) is 19.1 Å². The topological polar surface area (TPSA) is 93.0 Å². The SMILES string of the molecule is CC(c1nc(-c2ccccc2)no1)N1CCN(CCC(=O)Nc2ccc3c(c2)OCO3)CC1. The first kappa shape index (κ1) is 21.4. The van der Waals surface area contributed by atoms with Gasteiger partial charge in [0.25, 0.3) is 0 Å². The molecule has 0 bridgehead atoms. The first-order chi connectivity index (χ1) is 16.2. The predicted octanol–water partition coefficient (Wildman–Crippen LogP) is 3.17. The van der Waals surface area contributed by atoms with E-state index >= 15 is 0 Å². The molecule has 1 atom stereocenters. The molecule has 0 aliphatic carbocycles. The molecule has 9 heteroatoms. The summed E-state index contributed by atoms with van der Waals surface area (Å²) < 4.78 is 16.2. The van der Waals surface area contributed by atoms with Crippen LogP contribution in [0.25, 0.3) is 11.4 Å². The monoisotopic (exact) mass is 449 g/mol. The molecule has 1 N–H and O–H groups in total. The summed E-state index contributed by atoms with van der Waals surface area (Å²) in [5.41, 5.74) is 1.67. The second-order valence-corrected chi connectivity index (χ2v) is 8.24. The van der Waals surface area contributed by atoms with Gasteiger partial charge in [0.2, 0.25) is 24.4 Å². The Morgan fingerprint density at radius 1 is 1.06 bits per heavy atom.